The van der Waals surface area contributed by atoms with Crippen molar-refractivity contribution in [3.05, 3.63) is 54.7 Å². The number of nitrogens with zero attached hydrogens (tertiary/aromatic N) is 4. The number of anilines is 1. The van der Waals surface area contributed by atoms with E-state index < -0.39 is 5.91 Å². The molecule has 0 bridgehead atoms. The number of aromatic nitrogens is 4. The number of thiocarbonyl (C=S) groups is 1. The lowest BCUT2D eigenvalue weighted by Crippen LogP contribution is -2.33. The maximum absolute atomic E-state index is 11.9. The summed E-state index contributed by atoms with van der Waals surface area (Å²) in [5, 5.41) is 18.7. The number of nitrogens with one attached hydrogen (secondary N) is 2. The van der Waals surface area contributed by atoms with Crippen LogP contribution in [-0.4, -0.2) is 30.8 Å². The molecule has 4 aromatic rings. The van der Waals surface area contributed by atoms with E-state index in [1.807, 2.05) is 24.3 Å². The highest BCUT2D eigenvalue weighted by atomic mass is 32.1. The lowest BCUT2D eigenvalue weighted by atomic mass is 10.2. The van der Waals surface area contributed by atoms with Gasteiger partial charge in [-0.15, -0.1) is 10.2 Å². The third-order valence-corrected chi connectivity index (χ3v) is 4.41. The molecule has 4 rings (SSSR count). The van der Waals surface area contributed by atoms with E-state index in [9.17, 15) is 4.79 Å². The van der Waals surface area contributed by atoms with Gasteiger partial charge in [0.15, 0.2) is 10.9 Å². The first-order valence-corrected chi connectivity index (χ1v) is 8.34. The maximum Gasteiger partial charge on any atom is 0.293 e. The lowest BCUT2D eigenvalue weighted by Gasteiger charge is -2.08. The Morgan fingerprint density at radius 2 is 2.08 bits per heavy atom. The standard InChI is InChI=1S/C15H10N6O2S2/c22-12(11-2-1-7-23-11)18-14(24)17-10-5-3-9(4-6-10)13-20-21-8-16-19-15(21)25-13/h1-8H,(H2,17,18,22,24). The summed E-state index contributed by atoms with van der Waals surface area (Å²) in [4.78, 5) is 12.6. The first kappa shape index (κ1) is 15.4. The minimum Gasteiger partial charge on any atom is -0.459 e. The summed E-state index contributed by atoms with van der Waals surface area (Å²) < 4.78 is 6.64. The number of rotatable bonds is 3. The van der Waals surface area contributed by atoms with E-state index in [4.69, 9.17) is 16.6 Å². The second-order valence-electron chi connectivity index (χ2n) is 4.93. The van der Waals surface area contributed by atoms with Crippen LogP contribution >= 0.6 is 23.6 Å². The van der Waals surface area contributed by atoms with E-state index in [1.165, 1.54) is 17.6 Å². The average molecular weight is 370 g/mol. The largest absolute Gasteiger partial charge is 0.459 e. The van der Waals surface area contributed by atoms with Crippen LogP contribution in [-0.2, 0) is 0 Å². The van der Waals surface area contributed by atoms with Crippen molar-refractivity contribution in [1.82, 2.24) is 25.1 Å². The van der Waals surface area contributed by atoms with Gasteiger partial charge in [-0.3, -0.25) is 10.1 Å². The van der Waals surface area contributed by atoms with Crippen molar-refractivity contribution in [3.8, 4) is 10.6 Å². The van der Waals surface area contributed by atoms with E-state index >= 15 is 0 Å². The fourth-order valence-corrected chi connectivity index (χ4v) is 3.14. The van der Waals surface area contributed by atoms with E-state index in [1.54, 1.807) is 23.0 Å². The molecule has 10 heteroatoms. The third kappa shape index (κ3) is 3.25. The zero-order valence-electron chi connectivity index (χ0n) is 12.5. The normalized spacial score (nSPS) is 10.7. The zero-order valence-corrected chi connectivity index (χ0v) is 14.2. The second kappa shape index (κ2) is 6.42. The SMILES string of the molecule is O=C(NC(=S)Nc1ccc(-c2nn3cnnc3s2)cc1)c1ccco1. The van der Waals surface area contributed by atoms with Crippen LogP contribution in [0.15, 0.2) is 53.4 Å². The molecule has 8 nitrogen and oxygen atoms in total. The number of benzene rings is 1. The van der Waals surface area contributed by atoms with Gasteiger partial charge >= 0.3 is 0 Å². The lowest BCUT2D eigenvalue weighted by molar-refractivity contribution is 0.0950. The van der Waals surface area contributed by atoms with E-state index in [-0.39, 0.29) is 10.9 Å². The van der Waals surface area contributed by atoms with E-state index in [0.717, 1.165) is 21.2 Å². The fraction of sp³-hybridized carbons (Fsp3) is 0. The van der Waals surface area contributed by atoms with Crippen LogP contribution in [0.1, 0.15) is 10.6 Å². The number of carbonyl (C=O) groups excluding carboxylic acids is 1. The van der Waals surface area contributed by atoms with Gasteiger partial charge in [-0.2, -0.15) is 9.61 Å². The highest BCUT2D eigenvalue weighted by Crippen LogP contribution is 2.25. The van der Waals surface area contributed by atoms with E-state index in [0.29, 0.717) is 0 Å². The molecule has 124 valence electrons. The van der Waals surface area contributed by atoms with Crippen molar-refractivity contribution < 1.29 is 9.21 Å². The smallest absolute Gasteiger partial charge is 0.293 e. The average Bonchev–Trinajstić information content (AvgIpc) is 3.32. The third-order valence-electron chi connectivity index (χ3n) is 3.25. The Morgan fingerprint density at radius 3 is 2.80 bits per heavy atom. The maximum atomic E-state index is 11.9. The van der Waals surface area contributed by atoms with Gasteiger partial charge in [-0.25, -0.2) is 0 Å². The molecule has 0 aliphatic carbocycles. The molecule has 2 N–H and O–H groups in total. The van der Waals surface area contributed by atoms with Crippen molar-refractivity contribution in [2.45, 2.75) is 0 Å². The summed E-state index contributed by atoms with van der Waals surface area (Å²) in [6, 6.07) is 10.7. The molecule has 3 heterocycles. The highest BCUT2D eigenvalue weighted by molar-refractivity contribution is 7.80. The molecule has 0 atom stereocenters. The van der Waals surface area contributed by atoms with Gasteiger partial charge < -0.3 is 9.73 Å². The topological polar surface area (TPSA) is 97.4 Å². The van der Waals surface area contributed by atoms with Crippen molar-refractivity contribution in [3.63, 3.8) is 0 Å². The monoisotopic (exact) mass is 370 g/mol. The van der Waals surface area contributed by atoms with Crippen LogP contribution in [0.2, 0.25) is 0 Å². The molecular formula is C15H10N6O2S2. The van der Waals surface area contributed by atoms with Gasteiger partial charge in [0.1, 0.15) is 11.3 Å². The summed E-state index contributed by atoms with van der Waals surface area (Å²) in [5.74, 6) is -0.207. The predicted molar refractivity (Wildman–Crippen MR) is 96.5 cm³/mol. The first-order valence-electron chi connectivity index (χ1n) is 7.12. The van der Waals surface area contributed by atoms with Gasteiger partial charge in [-0.05, 0) is 48.6 Å². The van der Waals surface area contributed by atoms with Gasteiger partial charge in [0.2, 0.25) is 4.96 Å². The number of hydrogen-bond acceptors (Lipinski definition) is 7. The molecule has 0 unspecified atom stereocenters. The Kier molecular flexibility index (Phi) is 3.96. The van der Waals surface area contributed by atoms with Crippen LogP contribution in [0.5, 0.6) is 0 Å². The zero-order chi connectivity index (χ0) is 17.2. The first-order chi connectivity index (χ1) is 12.2. The van der Waals surface area contributed by atoms with Crippen molar-refractivity contribution in [2.75, 3.05) is 5.32 Å². The molecule has 0 radical (unpaired) electrons. The molecule has 1 amide bonds. The summed E-state index contributed by atoms with van der Waals surface area (Å²) in [5.41, 5.74) is 1.70. The summed E-state index contributed by atoms with van der Waals surface area (Å²) in [6.07, 6.45) is 2.99. The van der Waals surface area contributed by atoms with Crippen LogP contribution < -0.4 is 10.6 Å². The van der Waals surface area contributed by atoms with Crippen LogP contribution in [0.4, 0.5) is 5.69 Å². The van der Waals surface area contributed by atoms with Crippen LogP contribution in [0, 0.1) is 0 Å². The Bertz CT molecular complexity index is 1010. The molecule has 0 fully saturated rings. The van der Waals surface area contributed by atoms with Crippen molar-refractivity contribution >= 4 is 45.2 Å². The molecular weight excluding hydrogens is 360 g/mol. The van der Waals surface area contributed by atoms with Gasteiger partial charge in [0.25, 0.3) is 5.91 Å². The highest BCUT2D eigenvalue weighted by Gasteiger charge is 2.11. The number of hydrogen-bond donors (Lipinski definition) is 2. The number of fused-ring (bicyclic) bond motifs is 1. The number of carbonyl (C=O) groups is 1. The Morgan fingerprint density at radius 1 is 1.24 bits per heavy atom. The van der Waals surface area contributed by atoms with Gasteiger partial charge in [-0.1, -0.05) is 11.3 Å². The molecule has 0 aliphatic rings. The number of amides is 1. The molecule has 0 spiro atoms. The van der Waals surface area contributed by atoms with Gasteiger partial charge in [0, 0.05) is 11.3 Å². The predicted octanol–water partition coefficient (Wildman–Crippen LogP) is 2.57. The molecule has 0 aliphatic heterocycles. The summed E-state index contributed by atoms with van der Waals surface area (Å²) >= 11 is 6.58. The molecule has 0 saturated carbocycles. The minimum atomic E-state index is -0.404. The number of furan rings is 1. The Balaban J connectivity index is 1.42. The molecule has 1 aromatic carbocycles. The molecule has 0 saturated heterocycles. The summed E-state index contributed by atoms with van der Waals surface area (Å²) in [7, 11) is 0. The Hall–Kier alpha value is -3.11. The van der Waals surface area contributed by atoms with Crippen LogP contribution in [0.3, 0.4) is 0 Å². The minimum absolute atomic E-state index is 0.188. The molecule has 25 heavy (non-hydrogen) atoms. The second-order valence-corrected chi connectivity index (χ2v) is 6.29. The Labute approximate surface area is 150 Å². The van der Waals surface area contributed by atoms with Crippen molar-refractivity contribution in [1.29, 1.82) is 0 Å². The fourth-order valence-electron chi connectivity index (χ4n) is 2.11. The molecule has 3 aromatic heterocycles. The summed E-state index contributed by atoms with van der Waals surface area (Å²) in [6.45, 7) is 0. The van der Waals surface area contributed by atoms with Gasteiger partial charge in [0.05, 0.1) is 6.26 Å². The van der Waals surface area contributed by atoms with E-state index in [2.05, 4.69) is 25.9 Å². The van der Waals surface area contributed by atoms with Crippen LogP contribution in [0.25, 0.3) is 15.5 Å². The quantitative estimate of drug-likeness (QED) is 0.535. The van der Waals surface area contributed by atoms with Crippen molar-refractivity contribution in [2.24, 2.45) is 0 Å².